The summed E-state index contributed by atoms with van der Waals surface area (Å²) in [6.07, 6.45) is -3.26. The van der Waals surface area contributed by atoms with Gasteiger partial charge in [0.05, 0.1) is 12.7 Å². The Balaban J connectivity index is 2.48. The SMILES string of the molecule is [B][C@@H]1O[C@H](COP(=O)(OC)OC)C(O)C1O. The van der Waals surface area contributed by atoms with E-state index >= 15 is 0 Å². The number of phosphoric ester groups is 1. The van der Waals surface area contributed by atoms with E-state index in [1.165, 1.54) is 0 Å². The first-order valence-corrected chi connectivity index (χ1v) is 6.03. The van der Waals surface area contributed by atoms with Gasteiger partial charge in [0, 0.05) is 20.2 Å². The molecule has 1 aliphatic rings. The molecule has 4 atom stereocenters. The minimum atomic E-state index is -3.61. The fraction of sp³-hybridized carbons (Fsp3) is 1.00. The molecule has 0 aromatic heterocycles. The van der Waals surface area contributed by atoms with Crippen LogP contribution in [0, 0.1) is 0 Å². The second-order valence-corrected chi connectivity index (χ2v) is 5.11. The normalized spacial score (nSPS) is 35.5. The topological polar surface area (TPSA) is 94.5 Å². The van der Waals surface area contributed by atoms with Crippen LogP contribution < -0.4 is 0 Å². The summed E-state index contributed by atoms with van der Waals surface area (Å²) in [7, 11) is 4.06. The van der Waals surface area contributed by atoms with E-state index in [2.05, 4.69) is 9.05 Å². The molecule has 1 aliphatic heterocycles. The Morgan fingerprint density at radius 3 is 2.25 bits per heavy atom. The number of hydrogen-bond acceptors (Lipinski definition) is 7. The molecule has 1 rings (SSSR count). The molecule has 1 fully saturated rings. The zero-order valence-electron chi connectivity index (χ0n) is 8.98. The third kappa shape index (κ3) is 3.04. The predicted molar refractivity (Wildman–Crippen MR) is 54.0 cm³/mol. The average molecular weight is 252 g/mol. The van der Waals surface area contributed by atoms with Gasteiger partial charge in [-0.05, 0) is 0 Å². The molecule has 0 aromatic rings. The summed E-state index contributed by atoms with van der Waals surface area (Å²) in [5.74, 6) is 0. The van der Waals surface area contributed by atoms with E-state index in [0.717, 1.165) is 14.2 Å². The minimum absolute atomic E-state index is 0.259. The summed E-state index contributed by atoms with van der Waals surface area (Å²) in [6, 6.07) is -0.993. The molecule has 0 spiro atoms. The standard InChI is InChI=1S/C7H14BO7P/c1-12-16(11,13-2)14-3-4-5(9)6(10)7(8)15-4/h4-7,9-10H,3H2,1-2H3/t4-,5?,6?,7-/m1/s1. The molecule has 0 amide bonds. The molecule has 7 nitrogen and oxygen atoms in total. The lowest BCUT2D eigenvalue weighted by atomic mass is 9.93. The Morgan fingerprint density at radius 2 is 1.88 bits per heavy atom. The quantitative estimate of drug-likeness (QED) is 0.479. The fourth-order valence-corrected chi connectivity index (χ4v) is 1.95. The summed E-state index contributed by atoms with van der Waals surface area (Å²) in [4.78, 5) is 0. The van der Waals surface area contributed by atoms with Crippen molar-refractivity contribution in [1.82, 2.24) is 0 Å². The molecule has 1 heterocycles. The van der Waals surface area contributed by atoms with E-state index in [-0.39, 0.29) is 6.61 Å². The Labute approximate surface area is 94.7 Å². The number of rotatable bonds is 5. The van der Waals surface area contributed by atoms with Gasteiger partial charge in [0.2, 0.25) is 0 Å². The van der Waals surface area contributed by atoms with Gasteiger partial charge in [-0.25, -0.2) is 4.57 Å². The van der Waals surface area contributed by atoms with Crippen LogP contribution >= 0.6 is 7.82 Å². The van der Waals surface area contributed by atoms with Gasteiger partial charge in [0.25, 0.3) is 0 Å². The monoisotopic (exact) mass is 252 g/mol. The van der Waals surface area contributed by atoms with Crippen molar-refractivity contribution in [3.8, 4) is 0 Å². The lowest BCUT2D eigenvalue weighted by Gasteiger charge is -2.18. The lowest BCUT2D eigenvalue weighted by molar-refractivity contribution is -0.0113. The van der Waals surface area contributed by atoms with Gasteiger partial charge in [0.1, 0.15) is 20.1 Å². The fourth-order valence-electron chi connectivity index (χ4n) is 1.26. The Morgan fingerprint density at radius 1 is 1.31 bits per heavy atom. The zero-order chi connectivity index (χ0) is 12.3. The van der Waals surface area contributed by atoms with Gasteiger partial charge in [0.15, 0.2) is 0 Å². The van der Waals surface area contributed by atoms with E-state index in [1.807, 2.05) is 0 Å². The summed E-state index contributed by atoms with van der Waals surface area (Å²) in [5.41, 5.74) is 0. The Hall–Kier alpha value is 0.0549. The van der Waals surface area contributed by atoms with Crippen molar-refractivity contribution in [2.24, 2.45) is 0 Å². The van der Waals surface area contributed by atoms with Crippen LogP contribution in [0.25, 0.3) is 0 Å². The van der Waals surface area contributed by atoms with Crippen LogP contribution in [-0.4, -0.2) is 63.2 Å². The second kappa shape index (κ2) is 5.60. The highest BCUT2D eigenvalue weighted by Gasteiger charge is 2.41. The van der Waals surface area contributed by atoms with Gasteiger partial charge in [-0.3, -0.25) is 13.6 Å². The van der Waals surface area contributed by atoms with Crippen LogP contribution in [0.1, 0.15) is 0 Å². The number of phosphoric acid groups is 1. The van der Waals surface area contributed by atoms with Crippen LogP contribution in [0.5, 0.6) is 0 Å². The highest BCUT2D eigenvalue weighted by atomic mass is 31.2. The van der Waals surface area contributed by atoms with Crippen molar-refractivity contribution in [3.63, 3.8) is 0 Å². The van der Waals surface area contributed by atoms with Crippen molar-refractivity contribution in [2.45, 2.75) is 24.3 Å². The largest absolute Gasteiger partial charge is 0.474 e. The third-order valence-electron chi connectivity index (χ3n) is 2.24. The van der Waals surface area contributed by atoms with Crippen LogP contribution in [0.2, 0.25) is 0 Å². The molecule has 0 aliphatic carbocycles. The van der Waals surface area contributed by atoms with Gasteiger partial charge < -0.3 is 14.9 Å². The molecular formula is C7H14BO7P. The maximum atomic E-state index is 11.5. The van der Waals surface area contributed by atoms with Gasteiger partial charge >= 0.3 is 7.82 Å². The number of aliphatic hydroxyl groups is 2. The summed E-state index contributed by atoms with van der Waals surface area (Å²) >= 11 is 0. The number of aliphatic hydroxyl groups excluding tert-OH is 2. The van der Waals surface area contributed by atoms with Crippen molar-refractivity contribution >= 4 is 15.7 Å². The zero-order valence-corrected chi connectivity index (χ0v) is 9.87. The van der Waals surface area contributed by atoms with Crippen molar-refractivity contribution in [2.75, 3.05) is 20.8 Å². The maximum absolute atomic E-state index is 11.5. The molecule has 2 radical (unpaired) electrons. The second-order valence-electron chi connectivity index (χ2n) is 3.23. The first kappa shape index (κ1) is 14.1. The summed E-state index contributed by atoms with van der Waals surface area (Å²) < 4.78 is 30.3. The molecule has 0 aromatic carbocycles. The van der Waals surface area contributed by atoms with Crippen LogP contribution in [0.15, 0.2) is 0 Å². The van der Waals surface area contributed by atoms with Gasteiger partial charge in [-0.1, -0.05) is 0 Å². The molecule has 9 heteroatoms. The van der Waals surface area contributed by atoms with Gasteiger partial charge in [-0.2, -0.15) is 0 Å². The summed E-state index contributed by atoms with van der Waals surface area (Å²) in [5, 5.41) is 18.8. The van der Waals surface area contributed by atoms with Gasteiger partial charge in [-0.15, -0.1) is 0 Å². The molecule has 0 bridgehead atoms. The predicted octanol–water partition coefficient (Wildman–Crippen LogP) is -0.981. The molecule has 92 valence electrons. The average Bonchev–Trinajstić information content (AvgIpc) is 2.54. The first-order valence-electron chi connectivity index (χ1n) is 4.56. The van der Waals surface area contributed by atoms with Crippen LogP contribution in [0.4, 0.5) is 0 Å². The Bertz CT molecular complexity index is 267. The number of ether oxygens (including phenoxy) is 1. The minimum Gasteiger partial charge on any atom is -0.388 e. The molecule has 1 saturated heterocycles. The van der Waals surface area contributed by atoms with Crippen molar-refractivity contribution in [3.05, 3.63) is 0 Å². The molecular weight excluding hydrogens is 238 g/mol. The highest BCUT2D eigenvalue weighted by molar-refractivity contribution is 7.48. The van der Waals surface area contributed by atoms with E-state index < -0.39 is 32.1 Å². The van der Waals surface area contributed by atoms with E-state index in [1.54, 1.807) is 0 Å². The van der Waals surface area contributed by atoms with E-state index in [4.69, 9.17) is 17.1 Å². The van der Waals surface area contributed by atoms with E-state index in [9.17, 15) is 14.8 Å². The molecule has 2 N–H and O–H groups in total. The molecule has 0 saturated carbocycles. The third-order valence-corrected chi connectivity index (χ3v) is 3.60. The molecule has 2 unspecified atom stereocenters. The van der Waals surface area contributed by atoms with Crippen molar-refractivity contribution < 1.29 is 33.1 Å². The molecule has 16 heavy (non-hydrogen) atoms. The Kier molecular flexibility index (Phi) is 4.94. The number of hydrogen-bond donors (Lipinski definition) is 2. The summed E-state index contributed by atoms with van der Waals surface area (Å²) in [6.45, 7) is -0.259. The van der Waals surface area contributed by atoms with E-state index in [0.29, 0.717) is 0 Å². The smallest absolute Gasteiger partial charge is 0.388 e. The maximum Gasteiger partial charge on any atom is 0.474 e. The van der Waals surface area contributed by atoms with Crippen molar-refractivity contribution in [1.29, 1.82) is 0 Å². The lowest BCUT2D eigenvalue weighted by Crippen LogP contribution is -2.34. The highest BCUT2D eigenvalue weighted by Crippen LogP contribution is 2.47. The van der Waals surface area contributed by atoms with Crippen LogP contribution in [-0.2, 0) is 22.9 Å². The first-order chi connectivity index (χ1) is 7.43. The van der Waals surface area contributed by atoms with Crippen LogP contribution in [0.3, 0.4) is 0 Å².